The molecule has 0 rings (SSSR count). The highest BCUT2D eigenvalue weighted by Gasteiger charge is 1.92. The second-order valence-electron chi connectivity index (χ2n) is 3.28. The van der Waals surface area contributed by atoms with Crippen molar-refractivity contribution in [3.8, 4) is 0 Å². The van der Waals surface area contributed by atoms with Gasteiger partial charge in [0.15, 0.2) is 12.3 Å². The molecule has 0 spiro atoms. The quantitative estimate of drug-likeness (QED) is 0.283. The minimum atomic E-state index is 0.755. The lowest BCUT2D eigenvalue weighted by molar-refractivity contribution is 0.277. The van der Waals surface area contributed by atoms with Crippen LogP contribution in [0.5, 0.6) is 0 Å². The molecule has 0 aliphatic carbocycles. The molecule has 0 atom stereocenters. The van der Waals surface area contributed by atoms with Crippen molar-refractivity contribution < 1.29 is 8.37 Å². The van der Waals surface area contributed by atoms with Crippen molar-refractivity contribution in [3.63, 3.8) is 0 Å². The van der Waals surface area contributed by atoms with Gasteiger partial charge in [0.1, 0.15) is 0 Å². The SMILES string of the molecule is C=CCCCCOSOCCCCC=C. The molecule has 0 bridgehead atoms. The lowest BCUT2D eigenvalue weighted by Gasteiger charge is -2.02. The third-order valence-electron chi connectivity index (χ3n) is 1.87. The Morgan fingerprint density at radius 2 is 1.27 bits per heavy atom. The Hall–Kier alpha value is -0.250. The van der Waals surface area contributed by atoms with Gasteiger partial charge in [-0.1, -0.05) is 12.2 Å². The molecular formula is C12H22O2S. The second-order valence-corrected chi connectivity index (χ2v) is 3.89. The smallest absolute Gasteiger partial charge is 0.158 e. The molecule has 3 heteroatoms. The largest absolute Gasteiger partial charge is 0.291 e. The number of rotatable bonds is 12. The summed E-state index contributed by atoms with van der Waals surface area (Å²) in [5.74, 6) is 0. The lowest BCUT2D eigenvalue weighted by Crippen LogP contribution is -1.90. The predicted octanol–water partition coefficient (Wildman–Crippen LogP) is 4.30. The summed E-state index contributed by atoms with van der Waals surface area (Å²) in [4.78, 5) is 0. The summed E-state index contributed by atoms with van der Waals surface area (Å²) in [5.41, 5.74) is 0. The molecule has 0 N–H and O–H groups in total. The molecule has 0 fully saturated rings. The molecule has 0 aliphatic heterocycles. The summed E-state index contributed by atoms with van der Waals surface area (Å²) in [6, 6.07) is 0. The maximum Gasteiger partial charge on any atom is 0.158 e. The summed E-state index contributed by atoms with van der Waals surface area (Å²) < 4.78 is 10.5. The molecule has 0 saturated heterocycles. The Morgan fingerprint density at radius 3 is 1.67 bits per heavy atom. The van der Waals surface area contributed by atoms with E-state index in [4.69, 9.17) is 8.37 Å². The number of unbranched alkanes of at least 4 members (excludes halogenated alkanes) is 4. The van der Waals surface area contributed by atoms with E-state index in [2.05, 4.69) is 13.2 Å². The van der Waals surface area contributed by atoms with Crippen LogP contribution >= 0.6 is 12.3 Å². The Morgan fingerprint density at radius 1 is 0.800 bits per heavy atom. The van der Waals surface area contributed by atoms with E-state index in [1.54, 1.807) is 0 Å². The first-order chi connectivity index (χ1) is 7.41. The molecule has 0 aromatic rings. The summed E-state index contributed by atoms with van der Waals surface area (Å²) in [7, 11) is 0. The third-order valence-corrected chi connectivity index (χ3v) is 2.39. The van der Waals surface area contributed by atoms with Gasteiger partial charge < -0.3 is 0 Å². The molecule has 0 radical (unpaired) electrons. The highest BCUT2D eigenvalue weighted by molar-refractivity contribution is 7.89. The zero-order chi connectivity index (χ0) is 11.2. The molecule has 0 aliphatic rings. The van der Waals surface area contributed by atoms with Crippen molar-refractivity contribution in [2.75, 3.05) is 13.2 Å². The van der Waals surface area contributed by atoms with Crippen LogP contribution in [0, 0.1) is 0 Å². The number of hydrogen-bond acceptors (Lipinski definition) is 3. The molecule has 0 heterocycles. The number of hydrogen-bond donors (Lipinski definition) is 0. The minimum Gasteiger partial charge on any atom is -0.291 e. The van der Waals surface area contributed by atoms with Crippen molar-refractivity contribution in [1.82, 2.24) is 0 Å². The van der Waals surface area contributed by atoms with E-state index < -0.39 is 0 Å². The molecule has 15 heavy (non-hydrogen) atoms. The maximum atomic E-state index is 5.23. The van der Waals surface area contributed by atoms with Crippen molar-refractivity contribution in [1.29, 1.82) is 0 Å². The molecule has 0 saturated carbocycles. The van der Waals surface area contributed by atoms with Gasteiger partial charge in [-0.3, -0.25) is 8.37 Å². The second kappa shape index (κ2) is 13.8. The first-order valence-corrected chi connectivity index (χ1v) is 6.21. The molecule has 0 aromatic heterocycles. The zero-order valence-corrected chi connectivity index (χ0v) is 10.3. The van der Waals surface area contributed by atoms with Crippen LogP contribution in [-0.4, -0.2) is 13.2 Å². The van der Waals surface area contributed by atoms with Crippen LogP contribution in [0.1, 0.15) is 38.5 Å². The van der Waals surface area contributed by atoms with Crippen molar-refractivity contribution in [3.05, 3.63) is 25.3 Å². The van der Waals surface area contributed by atoms with Gasteiger partial charge in [0.2, 0.25) is 0 Å². The van der Waals surface area contributed by atoms with E-state index in [0.29, 0.717) is 0 Å². The van der Waals surface area contributed by atoms with Crippen molar-refractivity contribution in [2.24, 2.45) is 0 Å². The highest BCUT2D eigenvalue weighted by Crippen LogP contribution is 2.08. The Labute approximate surface area is 98.1 Å². The normalized spacial score (nSPS) is 10.1. The fourth-order valence-corrected chi connectivity index (χ4v) is 1.44. The predicted molar refractivity (Wildman–Crippen MR) is 67.6 cm³/mol. The van der Waals surface area contributed by atoms with Gasteiger partial charge in [0.05, 0.1) is 13.2 Å². The fourth-order valence-electron chi connectivity index (χ4n) is 1.00. The van der Waals surface area contributed by atoms with Gasteiger partial charge in [-0.2, -0.15) is 0 Å². The average Bonchev–Trinajstić information content (AvgIpc) is 2.26. The van der Waals surface area contributed by atoms with E-state index in [1.807, 2.05) is 12.2 Å². The van der Waals surface area contributed by atoms with E-state index in [1.165, 1.54) is 0 Å². The van der Waals surface area contributed by atoms with Gasteiger partial charge in [-0.25, -0.2) is 0 Å². The molecular weight excluding hydrogens is 208 g/mol. The first kappa shape index (κ1) is 14.8. The van der Waals surface area contributed by atoms with Gasteiger partial charge in [-0.05, 0) is 38.5 Å². The van der Waals surface area contributed by atoms with E-state index >= 15 is 0 Å². The molecule has 88 valence electrons. The Balaban J connectivity index is 2.86. The van der Waals surface area contributed by atoms with Gasteiger partial charge >= 0.3 is 0 Å². The first-order valence-electron chi connectivity index (χ1n) is 5.54. The highest BCUT2D eigenvalue weighted by atomic mass is 32.2. The van der Waals surface area contributed by atoms with Crippen molar-refractivity contribution in [2.45, 2.75) is 38.5 Å². The van der Waals surface area contributed by atoms with E-state index in [0.717, 1.165) is 64.1 Å². The Kier molecular flexibility index (Phi) is 13.5. The van der Waals surface area contributed by atoms with Crippen LogP contribution in [-0.2, 0) is 8.37 Å². The molecule has 0 aromatic carbocycles. The Bertz CT molecular complexity index is 133. The van der Waals surface area contributed by atoms with Crippen LogP contribution < -0.4 is 0 Å². The van der Waals surface area contributed by atoms with Crippen LogP contribution in [0.15, 0.2) is 25.3 Å². The fraction of sp³-hybridized carbons (Fsp3) is 0.667. The zero-order valence-electron chi connectivity index (χ0n) is 9.45. The van der Waals surface area contributed by atoms with Crippen LogP contribution in [0.4, 0.5) is 0 Å². The van der Waals surface area contributed by atoms with Gasteiger partial charge in [0, 0.05) is 0 Å². The summed E-state index contributed by atoms with van der Waals surface area (Å²) in [5, 5.41) is 0. The number of allylic oxidation sites excluding steroid dienone is 2. The molecule has 0 amide bonds. The summed E-state index contributed by atoms with van der Waals surface area (Å²) in [6.07, 6.45) is 10.4. The van der Waals surface area contributed by atoms with Crippen LogP contribution in [0.3, 0.4) is 0 Å². The summed E-state index contributed by atoms with van der Waals surface area (Å²) in [6.45, 7) is 8.84. The van der Waals surface area contributed by atoms with Gasteiger partial charge in [0.25, 0.3) is 0 Å². The molecule has 2 nitrogen and oxygen atoms in total. The van der Waals surface area contributed by atoms with E-state index in [9.17, 15) is 0 Å². The van der Waals surface area contributed by atoms with E-state index in [-0.39, 0.29) is 0 Å². The lowest BCUT2D eigenvalue weighted by atomic mass is 10.2. The third kappa shape index (κ3) is 13.8. The van der Waals surface area contributed by atoms with Crippen molar-refractivity contribution >= 4 is 12.3 Å². The van der Waals surface area contributed by atoms with Crippen LogP contribution in [0.2, 0.25) is 0 Å². The topological polar surface area (TPSA) is 18.5 Å². The average molecular weight is 230 g/mol. The molecule has 0 unspecified atom stereocenters. The summed E-state index contributed by atoms with van der Waals surface area (Å²) >= 11 is 1.12. The van der Waals surface area contributed by atoms with Gasteiger partial charge in [-0.15, -0.1) is 13.2 Å². The minimum absolute atomic E-state index is 0.755. The maximum absolute atomic E-state index is 5.23. The monoisotopic (exact) mass is 230 g/mol. The van der Waals surface area contributed by atoms with Crippen LogP contribution in [0.25, 0.3) is 0 Å². The standard InChI is InChI=1S/C12H22O2S/c1-3-5-7-9-11-13-15-14-12-10-8-6-4-2/h3-4H,1-2,5-12H2.